The van der Waals surface area contributed by atoms with Gasteiger partial charge in [-0.1, -0.05) is 41.4 Å². The van der Waals surface area contributed by atoms with Gasteiger partial charge in [0.15, 0.2) is 0 Å². The lowest BCUT2D eigenvalue weighted by Gasteiger charge is -2.20. The maximum absolute atomic E-state index is 5.99. The summed E-state index contributed by atoms with van der Waals surface area (Å²) in [5.41, 5.74) is 2.25. The van der Waals surface area contributed by atoms with Crippen LogP contribution in [0.1, 0.15) is 11.1 Å². The zero-order valence-electron chi connectivity index (χ0n) is 8.34. The number of ether oxygens (including phenoxy) is 1. The maximum Gasteiger partial charge on any atom is 0.132 e. The van der Waals surface area contributed by atoms with Crippen molar-refractivity contribution in [2.24, 2.45) is 0 Å². The van der Waals surface area contributed by atoms with Crippen molar-refractivity contribution >= 4 is 23.2 Å². The van der Waals surface area contributed by atoms with Crippen LogP contribution < -0.4 is 4.74 Å². The average Bonchev–Trinajstić information content (AvgIpc) is 2.28. The Kier molecular flexibility index (Phi) is 2.31. The van der Waals surface area contributed by atoms with Crippen molar-refractivity contribution < 1.29 is 4.74 Å². The van der Waals surface area contributed by atoms with E-state index in [1.807, 2.05) is 24.3 Å². The number of fused-ring (bicyclic) bond motifs is 2. The number of hydrogen-bond acceptors (Lipinski definition) is 1. The van der Waals surface area contributed by atoms with E-state index < -0.39 is 0 Å². The number of rotatable bonds is 0. The summed E-state index contributed by atoms with van der Waals surface area (Å²) in [4.78, 5) is 0. The molecule has 1 heterocycles. The molecule has 0 spiro atoms. The smallest absolute Gasteiger partial charge is 0.132 e. The monoisotopic (exact) mass is 250 g/mol. The Morgan fingerprint density at radius 2 is 1.62 bits per heavy atom. The Morgan fingerprint density at radius 3 is 2.50 bits per heavy atom. The third-order valence-corrected chi connectivity index (χ3v) is 3.40. The first-order valence-corrected chi connectivity index (χ1v) is 5.73. The van der Waals surface area contributed by atoms with Gasteiger partial charge in [-0.15, -0.1) is 0 Å². The molecule has 0 radical (unpaired) electrons. The summed E-state index contributed by atoms with van der Waals surface area (Å²) in [6.07, 6.45) is 0.836. The Balaban J connectivity index is 2.12. The van der Waals surface area contributed by atoms with Gasteiger partial charge in [0.2, 0.25) is 0 Å². The van der Waals surface area contributed by atoms with Crippen LogP contribution in [0, 0.1) is 0 Å². The van der Waals surface area contributed by atoms with Crippen LogP contribution in [-0.2, 0) is 6.42 Å². The molecule has 0 saturated heterocycles. The van der Waals surface area contributed by atoms with Gasteiger partial charge >= 0.3 is 0 Å². The lowest BCUT2D eigenvalue weighted by molar-refractivity contribution is 0.460. The second kappa shape index (κ2) is 3.69. The van der Waals surface area contributed by atoms with Crippen molar-refractivity contribution in [3.8, 4) is 11.5 Å². The molecule has 0 aromatic heterocycles. The van der Waals surface area contributed by atoms with Crippen molar-refractivity contribution in [2.45, 2.75) is 6.42 Å². The Morgan fingerprint density at radius 1 is 0.875 bits per heavy atom. The molecule has 80 valence electrons. The highest BCUT2D eigenvalue weighted by molar-refractivity contribution is 6.42. The number of halogens is 2. The molecule has 2 aromatic rings. The molecule has 1 nitrogen and oxygen atoms in total. The van der Waals surface area contributed by atoms with E-state index in [4.69, 9.17) is 27.9 Å². The molecule has 2 aromatic carbocycles. The second-order valence-corrected chi connectivity index (χ2v) is 4.58. The van der Waals surface area contributed by atoms with Crippen molar-refractivity contribution in [1.29, 1.82) is 0 Å². The fourth-order valence-electron chi connectivity index (χ4n) is 1.88. The predicted molar refractivity (Wildman–Crippen MR) is 65.8 cm³/mol. The summed E-state index contributed by atoms with van der Waals surface area (Å²) in [6, 6.07) is 11.6. The van der Waals surface area contributed by atoms with Crippen molar-refractivity contribution in [1.82, 2.24) is 0 Å². The highest BCUT2D eigenvalue weighted by Gasteiger charge is 2.17. The van der Waals surface area contributed by atoms with Gasteiger partial charge in [0.1, 0.15) is 11.5 Å². The summed E-state index contributed by atoms with van der Waals surface area (Å²) < 4.78 is 5.77. The highest BCUT2D eigenvalue weighted by atomic mass is 35.5. The van der Waals surface area contributed by atoms with E-state index in [9.17, 15) is 0 Å². The molecule has 16 heavy (non-hydrogen) atoms. The van der Waals surface area contributed by atoms with Crippen LogP contribution in [0.4, 0.5) is 0 Å². The summed E-state index contributed by atoms with van der Waals surface area (Å²) in [7, 11) is 0. The molecule has 3 rings (SSSR count). The molecule has 3 heteroatoms. The average molecular weight is 251 g/mol. The summed E-state index contributed by atoms with van der Waals surface area (Å²) in [5.74, 6) is 1.70. The molecular formula is C13H8Cl2O. The number of para-hydroxylation sites is 1. The molecule has 1 aliphatic heterocycles. The topological polar surface area (TPSA) is 9.23 Å². The lowest BCUT2D eigenvalue weighted by Crippen LogP contribution is -2.02. The minimum atomic E-state index is 0.528. The van der Waals surface area contributed by atoms with Gasteiger partial charge in [-0.05, 0) is 17.7 Å². The largest absolute Gasteiger partial charge is 0.457 e. The first-order chi connectivity index (χ1) is 7.74. The SMILES string of the molecule is Clc1cc2c(cc1Cl)Oc1ccccc1C2. The number of hydrogen-bond donors (Lipinski definition) is 0. The van der Waals surface area contributed by atoms with E-state index >= 15 is 0 Å². The predicted octanol–water partition coefficient (Wildman–Crippen LogP) is 4.69. The molecule has 0 unspecified atom stereocenters. The Hall–Kier alpha value is -1.18. The van der Waals surface area contributed by atoms with Crippen LogP contribution in [0.2, 0.25) is 10.0 Å². The summed E-state index contributed by atoms with van der Waals surface area (Å²) >= 11 is 11.9. The van der Waals surface area contributed by atoms with E-state index in [0.29, 0.717) is 10.0 Å². The first-order valence-electron chi connectivity index (χ1n) is 4.98. The van der Waals surface area contributed by atoms with Gasteiger partial charge < -0.3 is 4.74 Å². The maximum atomic E-state index is 5.99. The third kappa shape index (κ3) is 1.57. The van der Waals surface area contributed by atoms with Crippen LogP contribution in [0.25, 0.3) is 0 Å². The van der Waals surface area contributed by atoms with Crippen LogP contribution >= 0.6 is 23.2 Å². The fraction of sp³-hybridized carbons (Fsp3) is 0.0769. The summed E-state index contributed by atoms with van der Waals surface area (Å²) in [5, 5.41) is 1.10. The minimum Gasteiger partial charge on any atom is -0.457 e. The Labute approximate surface area is 104 Å². The first kappa shape index (κ1) is 10.0. The van der Waals surface area contributed by atoms with Crippen LogP contribution in [0.5, 0.6) is 11.5 Å². The second-order valence-electron chi connectivity index (χ2n) is 3.76. The van der Waals surface area contributed by atoms with Crippen LogP contribution in [0.15, 0.2) is 36.4 Å². The molecule has 0 saturated carbocycles. The van der Waals surface area contributed by atoms with Gasteiger partial charge in [-0.25, -0.2) is 0 Å². The van der Waals surface area contributed by atoms with E-state index in [2.05, 4.69) is 6.07 Å². The van der Waals surface area contributed by atoms with Crippen LogP contribution in [-0.4, -0.2) is 0 Å². The van der Waals surface area contributed by atoms with Crippen LogP contribution in [0.3, 0.4) is 0 Å². The van der Waals surface area contributed by atoms with Crippen molar-refractivity contribution in [3.63, 3.8) is 0 Å². The van der Waals surface area contributed by atoms with Gasteiger partial charge in [-0.3, -0.25) is 0 Å². The minimum absolute atomic E-state index is 0.528. The molecule has 0 fully saturated rings. The normalized spacial score (nSPS) is 12.6. The Bertz CT molecular complexity index is 514. The van der Waals surface area contributed by atoms with E-state index in [1.54, 1.807) is 6.07 Å². The highest BCUT2D eigenvalue weighted by Crippen LogP contribution is 2.40. The van der Waals surface area contributed by atoms with Gasteiger partial charge in [-0.2, -0.15) is 0 Å². The zero-order valence-corrected chi connectivity index (χ0v) is 9.85. The molecule has 0 atom stereocenters. The molecular weight excluding hydrogens is 243 g/mol. The molecule has 0 bridgehead atoms. The number of benzene rings is 2. The fourth-order valence-corrected chi connectivity index (χ4v) is 2.22. The molecule has 0 amide bonds. The van der Waals surface area contributed by atoms with E-state index in [1.165, 1.54) is 5.56 Å². The standard InChI is InChI=1S/C13H8Cl2O/c14-10-6-9-5-8-3-1-2-4-12(8)16-13(9)7-11(10)15/h1-4,6-7H,5H2. The van der Waals surface area contributed by atoms with E-state index in [0.717, 1.165) is 23.5 Å². The molecule has 0 N–H and O–H groups in total. The third-order valence-electron chi connectivity index (χ3n) is 2.68. The summed E-state index contributed by atoms with van der Waals surface area (Å²) in [6.45, 7) is 0. The van der Waals surface area contributed by atoms with Gasteiger partial charge in [0.05, 0.1) is 10.0 Å². The van der Waals surface area contributed by atoms with E-state index in [-0.39, 0.29) is 0 Å². The van der Waals surface area contributed by atoms with Gasteiger partial charge in [0, 0.05) is 18.1 Å². The zero-order chi connectivity index (χ0) is 11.1. The quantitative estimate of drug-likeness (QED) is 0.563. The van der Waals surface area contributed by atoms with Crippen molar-refractivity contribution in [3.05, 3.63) is 57.6 Å². The molecule has 1 aliphatic rings. The molecule has 0 aliphatic carbocycles. The van der Waals surface area contributed by atoms with Crippen molar-refractivity contribution in [2.75, 3.05) is 0 Å². The van der Waals surface area contributed by atoms with Gasteiger partial charge in [0.25, 0.3) is 0 Å². The lowest BCUT2D eigenvalue weighted by atomic mass is 10.0.